The lowest BCUT2D eigenvalue weighted by atomic mass is 9.95. The number of benzene rings is 1. The summed E-state index contributed by atoms with van der Waals surface area (Å²) in [6, 6.07) is 4.53. The third kappa shape index (κ3) is 5.06. The minimum atomic E-state index is -4.68. The number of sulfone groups is 1. The number of hydrogen-bond donors (Lipinski definition) is 0. The van der Waals surface area contributed by atoms with Gasteiger partial charge in [0, 0.05) is 38.2 Å². The van der Waals surface area contributed by atoms with Gasteiger partial charge in [-0.05, 0) is 43.5 Å². The van der Waals surface area contributed by atoms with E-state index in [0.29, 0.717) is 25.9 Å². The monoisotopic (exact) mass is 416 g/mol. The molecule has 1 aliphatic heterocycles. The van der Waals surface area contributed by atoms with Gasteiger partial charge in [0.2, 0.25) is 15.7 Å². The van der Waals surface area contributed by atoms with Crippen LogP contribution in [0.5, 0.6) is 0 Å². The van der Waals surface area contributed by atoms with Crippen LogP contribution in [-0.2, 0) is 14.6 Å². The molecule has 0 spiro atoms. The Hall–Kier alpha value is -2.03. The van der Waals surface area contributed by atoms with Crippen molar-refractivity contribution in [1.29, 1.82) is 0 Å². The summed E-state index contributed by atoms with van der Waals surface area (Å²) in [6.07, 6.45) is 3.11. The van der Waals surface area contributed by atoms with Crippen LogP contribution in [-0.4, -0.2) is 62.5 Å². The molecule has 156 valence electrons. The molecule has 9 heteroatoms. The number of hydrogen-bond acceptors (Lipinski definition) is 4. The summed E-state index contributed by atoms with van der Waals surface area (Å²) in [5, 5.41) is 0. The summed E-state index contributed by atoms with van der Waals surface area (Å²) in [7, 11) is -2.88. The van der Waals surface area contributed by atoms with Gasteiger partial charge in [0.25, 0.3) is 5.91 Å². The van der Waals surface area contributed by atoms with E-state index in [1.165, 1.54) is 12.1 Å². The van der Waals surface area contributed by atoms with Gasteiger partial charge < -0.3 is 9.80 Å². The molecule has 0 radical (unpaired) electrons. The van der Waals surface area contributed by atoms with Crippen molar-refractivity contribution in [2.24, 2.45) is 5.92 Å². The lowest BCUT2D eigenvalue weighted by Crippen LogP contribution is -2.43. The van der Waals surface area contributed by atoms with Gasteiger partial charge in [-0.2, -0.15) is 8.78 Å². The molecular weight excluding hydrogens is 390 g/mol. The lowest BCUT2D eigenvalue weighted by molar-refractivity contribution is -0.135. The van der Waals surface area contributed by atoms with E-state index in [-0.39, 0.29) is 23.3 Å². The van der Waals surface area contributed by atoms with Gasteiger partial charge in [-0.3, -0.25) is 9.59 Å². The van der Waals surface area contributed by atoms with Crippen LogP contribution in [0.4, 0.5) is 8.78 Å². The molecular formula is C19H26F2N2O4S. The molecule has 0 N–H and O–H groups in total. The fourth-order valence-electron chi connectivity index (χ4n) is 3.22. The summed E-state index contributed by atoms with van der Waals surface area (Å²) in [5.41, 5.74) is 0.234. The van der Waals surface area contributed by atoms with E-state index in [9.17, 15) is 26.8 Å². The maximum absolute atomic E-state index is 12.6. The molecule has 0 aromatic heterocycles. The number of alkyl halides is 2. The fourth-order valence-corrected chi connectivity index (χ4v) is 3.94. The van der Waals surface area contributed by atoms with Crippen LogP contribution in [0.15, 0.2) is 29.2 Å². The molecule has 0 bridgehead atoms. The molecule has 1 aromatic rings. The minimum Gasteiger partial charge on any atom is -0.346 e. The van der Waals surface area contributed by atoms with Crippen molar-refractivity contribution in [2.75, 3.05) is 26.7 Å². The summed E-state index contributed by atoms with van der Waals surface area (Å²) in [6.45, 7) is 3.64. The fraction of sp³-hybridized carbons (Fsp3) is 0.579. The Balaban J connectivity index is 1.96. The Kier molecular flexibility index (Phi) is 7.51. The number of halogens is 2. The Morgan fingerprint density at radius 1 is 1.18 bits per heavy atom. The van der Waals surface area contributed by atoms with Crippen molar-refractivity contribution in [2.45, 2.75) is 43.3 Å². The SMILES string of the molecule is CCCCN(C)C(=O)C1CCN(C(=O)c2ccc(S(=O)(=O)C(F)F)cc2)CC1. The van der Waals surface area contributed by atoms with E-state index in [0.717, 1.165) is 31.5 Å². The summed E-state index contributed by atoms with van der Waals surface area (Å²) >= 11 is 0. The Labute approximate surface area is 164 Å². The van der Waals surface area contributed by atoms with E-state index in [1.54, 1.807) is 16.8 Å². The van der Waals surface area contributed by atoms with Crippen LogP contribution in [0, 0.1) is 5.92 Å². The molecule has 28 heavy (non-hydrogen) atoms. The quantitative estimate of drug-likeness (QED) is 0.685. The van der Waals surface area contributed by atoms with Gasteiger partial charge in [0.05, 0.1) is 4.90 Å². The number of unbranched alkanes of at least 4 members (excludes halogenated alkanes) is 1. The van der Waals surface area contributed by atoms with Crippen LogP contribution < -0.4 is 0 Å². The predicted molar refractivity (Wildman–Crippen MR) is 101 cm³/mol. The molecule has 1 aliphatic rings. The van der Waals surface area contributed by atoms with Crippen molar-refractivity contribution >= 4 is 21.7 Å². The number of piperidine rings is 1. The first-order valence-electron chi connectivity index (χ1n) is 9.34. The standard InChI is InChI=1S/C19H26F2N2O4S/c1-3-4-11-22(2)17(24)15-9-12-23(13-10-15)18(25)14-5-7-16(8-6-14)28(26,27)19(20)21/h5-8,15,19H,3-4,9-13H2,1-2H3. The van der Waals surface area contributed by atoms with Crippen LogP contribution in [0.3, 0.4) is 0 Å². The van der Waals surface area contributed by atoms with Gasteiger partial charge >= 0.3 is 5.76 Å². The Morgan fingerprint density at radius 2 is 1.75 bits per heavy atom. The normalized spacial score (nSPS) is 15.7. The number of amides is 2. The van der Waals surface area contributed by atoms with E-state index in [2.05, 4.69) is 6.92 Å². The largest absolute Gasteiger partial charge is 0.346 e. The van der Waals surface area contributed by atoms with Crippen molar-refractivity contribution < 1.29 is 26.8 Å². The van der Waals surface area contributed by atoms with Gasteiger partial charge in [-0.25, -0.2) is 8.42 Å². The predicted octanol–water partition coefficient (Wildman–Crippen LogP) is 2.79. The zero-order chi connectivity index (χ0) is 20.9. The third-order valence-electron chi connectivity index (χ3n) is 5.02. The van der Waals surface area contributed by atoms with E-state index in [1.807, 2.05) is 0 Å². The van der Waals surface area contributed by atoms with E-state index < -0.39 is 20.5 Å². The van der Waals surface area contributed by atoms with Gasteiger partial charge in [0.1, 0.15) is 0 Å². The van der Waals surface area contributed by atoms with Crippen LogP contribution in [0.1, 0.15) is 43.0 Å². The summed E-state index contributed by atoms with van der Waals surface area (Å²) in [5.74, 6) is -3.81. The van der Waals surface area contributed by atoms with Crippen molar-refractivity contribution in [1.82, 2.24) is 9.80 Å². The molecule has 6 nitrogen and oxygen atoms in total. The smallest absolute Gasteiger partial charge is 0.341 e. The van der Waals surface area contributed by atoms with Crippen LogP contribution >= 0.6 is 0 Å². The third-order valence-corrected chi connectivity index (χ3v) is 6.42. The topological polar surface area (TPSA) is 74.8 Å². The zero-order valence-corrected chi connectivity index (χ0v) is 16.9. The molecule has 0 aliphatic carbocycles. The van der Waals surface area contributed by atoms with Crippen molar-refractivity contribution in [3.05, 3.63) is 29.8 Å². The maximum atomic E-state index is 12.6. The molecule has 0 saturated carbocycles. The maximum Gasteiger partial charge on any atom is 0.341 e. The highest BCUT2D eigenvalue weighted by Gasteiger charge is 2.30. The zero-order valence-electron chi connectivity index (χ0n) is 16.1. The minimum absolute atomic E-state index is 0.0992. The highest BCUT2D eigenvalue weighted by molar-refractivity contribution is 7.91. The molecule has 0 unspecified atom stereocenters. The first-order chi connectivity index (χ1) is 13.2. The Bertz CT molecular complexity index is 789. The van der Waals surface area contributed by atoms with Crippen LogP contribution in [0.25, 0.3) is 0 Å². The number of carbonyl (C=O) groups is 2. The van der Waals surface area contributed by atoms with Crippen molar-refractivity contribution in [3.63, 3.8) is 0 Å². The highest BCUT2D eigenvalue weighted by atomic mass is 32.2. The van der Waals surface area contributed by atoms with E-state index in [4.69, 9.17) is 0 Å². The second-order valence-electron chi connectivity index (χ2n) is 7.01. The molecule has 1 fully saturated rings. The average Bonchev–Trinajstić information content (AvgIpc) is 2.71. The number of nitrogens with zero attached hydrogens (tertiary/aromatic N) is 2. The van der Waals surface area contributed by atoms with Gasteiger partial charge in [-0.1, -0.05) is 13.3 Å². The molecule has 1 heterocycles. The molecule has 1 saturated heterocycles. The van der Waals surface area contributed by atoms with Gasteiger partial charge in [0.15, 0.2) is 0 Å². The molecule has 0 atom stereocenters. The number of likely N-dealkylation sites (tertiary alicyclic amines) is 1. The highest BCUT2D eigenvalue weighted by Crippen LogP contribution is 2.23. The number of carbonyl (C=O) groups excluding carboxylic acids is 2. The molecule has 1 aromatic carbocycles. The Morgan fingerprint density at radius 3 is 2.25 bits per heavy atom. The summed E-state index contributed by atoms with van der Waals surface area (Å²) < 4.78 is 48.1. The summed E-state index contributed by atoms with van der Waals surface area (Å²) in [4.78, 5) is 27.9. The first-order valence-corrected chi connectivity index (χ1v) is 10.9. The van der Waals surface area contributed by atoms with Crippen molar-refractivity contribution in [3.8, 4) is 0 Å². The molecule has 2 rings (SSSR count). The molecule has 2 amide bonds. The van der Waals surface area contributed by atoms with Gasteiger partial charge in [-0.15, -0.1) is 0 Å². The second-order valence-corrected chi connectivity index (χ2v) is 8.93. The van der Waals surface area contributed by atoms with Crippen LogP contribution in [0.2, 0.25) is 0 Å². The first kappa shape index (κ1) is 22.3. The number of rotatable bonds is 7. The average molecular weight is 416 g/mol. The lowest BCUT2D eigenvalue weighted by Gasteiger charge is -2.33. The van der Waals surface area contributed by atoms with E-state index >= 15 is 0 Å². The second kappa shape index (κ2) is 9.45.